The van der Waals surface area contributed by atoms with Gasteiger partial charge in [-0.2, -0.15) is 8.42 Å². The second-order valence-corrected chi connectivity index (χ2v) is 9.61. The Balaban J connectivity index is 0.00000104. The molecule has 1 aliphatic heterocycles. The fourth-order valence-electron chi connectivity index (χ4n) is 4.42. The van der Waals surface area contributed by atoms with Gasteiger partial charge >= 0.3 is 16.4 Å². The minimum absolute atomic E-state index is 0.166. The number of benzene rings is 1. The van der Waals surface area contributed by atoms with Crippen LogP contribution in [0.2, 0.25) is 0 Å². The van der Waals surface area contributed by atoms with Crippen LogP contribution >= 0.6 is 0 Å². The third-order valence-corrected chi connectivity index (χ3v) is 5.95. The Hall–Kier alpha value is -2.54. The van der Waals surface area contributed by atoms with Crippen molar-refractivity contribution in [1.82, 2.24) is 10.2 Å². The number of esters is 1. The van der Waals surface area contributed by atoms with E-state index >= 15 is 0 Å². The molecule has 1 fully saturated rings. The Morgan fingerprint density at radius 1 is 1.21 bits per heavy atom. The Morgan fingerprint density at radius 2 is 1.79 bits per heavy atom. The van der Waals surface area contributed by atoms with E-state index in [1.54, 1.807) is 33.9 Å². The highest BCUT2D eigenvalue weighted by atomic mass is 32.3. The molecule has 1 aromatic carbocycles. The molecule has 12 heteroatoms. The maximum Gasteiger partial charge on any atom is 0.394 e. The summed E-state index contributed by atoms with van der Waals surface area (Å²) in [5.41, 5.74) is -1.37. The van der Waals surface area contributed by atoms with E-state index in [-0.39, 0.29) is 12.5 Å². The van der Waals surface area contributed by atoms with Crippen LogP contribution in [0, 0.1) is 11.3 Å². The first-order valence-electron chi connectivity index (χ1n) is 10.6. The molecular formula is C22H34N2O9S. The number of carbonyl (C=O) groups is 3. The molecule has 1 saturated heterocycles. The third-order valence-electron chi connectivity index (χ3n) is 5.95. The van der Waals surface area contributed by atoms with Crippen molar-refractivity contribution < 1.29 is 41.4 Å². The molecule has 1 aliphatic rings. The highest BCUT2D eigenvalue weighted by Gasteiger charge is 2.63. The molecule has 2 unspecified atom stereocenters. The molecule has 0 saturated carbocycles. The van der Waals surface area contributed by atoms with Crippen molar-refractivity contribution in [3.63, 3.8) is 0 Å². The summed E-state index contributed by atoms with van der Waals surface area (Å²) in [6.45, 7) is 6.25. The third kappa shape index (κ3) is 6.98. The van der Waals surface area contributed by atoms with Crippen LogP contribution in [0.15, 0.2) is 24.3 Å². The maximum atomic E-state index is 13.4. The molecule has 192 valence electrons. The lowest BCUT2D eigenvalue weighted by atomic mass is 9.52. The molecule has 11 nitrogen and oxygen atoms in total. The van der Waals surface area contributed by atoms with Crippen LogP contribution in [0.3, 0.4) is 0 Å². The van der Waals surface area contributed by atoms with E-state index in [1.807, 2.05) is 37.2 Å². The molecule has 0 spiro atoms. The number of rotatable bonds is 8. The van der Waals surface area contributed by atoms with Gasteiger partial charge < -0.3 is 14.4 Å². The average molecular weight is 503 g/mol. The second-order valence-electron chi connectivity index (χ2n) is 8.72. The summed E-state index contributed by atoms with van der Waals surface area (Å²) in [6.07, 6.45) is 1.19. The molecule has 0 aromatic heterocycles. The van der Waals surface area contributed by atoms with Gasteiger partial charge in [0.15, 0.2) is 0 Å². The Bertz CT molecular complexity index is 984. The quantitative estimate of drug-likeness (QED) is 0.206. The van der Waals surface area contributed by atoms with Crippen molar-refractivity contribution in [1.29, 1.82) is 0 Å². The van der Waals surface area contributed by atoms with Gasteiger partial charge in [0, 0.05) is 5.41 Å². The summed E-state index contributed by atoms with van der Waals surface area (Å²) in [7, 11) is 0.833. The summed E-state index contributed by atoms with van der Waals surface area (Å²) < 4.78 is 42.2. The fraction of sp³-hybridized carbons (Fsp3) is 0.591. The Labute approximate surface area is 200 Å². The van der Waals surface area contributed by atoms with Crippen LogP contribution in [0.5, 0.6) is 5.75 Å². The van der Waals surface area contributed by atoms with Crippen molar-refractivity contribution in [2.45, 2.75) is 39.0 Å². The minimum Gasteiger partial charge on any atom is -0.497 e. The Morgan fingerprint density at radius 3 is 2.29 bits per heavy atom. The number of amides is 2. The average Bonchev–Trinajstić information content (AvgIpc) is 2.68. The summed E-state index contributed by atoms with van der Waals surface area (Å²) in [5.74, 6) is -2.08. The minimum atomic E-state index is -4.67. The number of carbonyl (C=O) groups excluding carboxylic acids is 3. The summed E-state index contributed by atoms with van der Waals surface area (Å²) >= 11 is 0. The normalized spacial score (nSPS) is 21.9. The zero-order valence-corrected chi connectivity index (χ0v) is 21.1. The number of nitrogens with one attached hydrogen (secondary N) is 1. The number of ether oxygens (including phenoxy) is 2. The Kier molecular flexibility index (Phi) is 10.2. The predicted molar refractivity (Wildman–Crippen MR) is 124 cm³/mol. The van der Waals surface area contributed by atoms with Gasteiger partial charge in [0.05, 0.1) is 19.1 Å². The van der Waals surface area contributed by atoms with E-state index in [0.717, 1.165) is 12.1 Å². The molecular weight excluding hydrogens is 468 g/mol. The predicted octanol–water partition coefficient (Wildman–Crippen LogP) is 1.48. The largest absolute Gasteiger partial charge is 0.497 e. The van der Waals surface area contributed by atoms with Crippen molar-refractivity contribution in [3.8, 4) is 5.75 Å². The van der Waals surface area contributed by atoms with Gasteiger partial charge in [0.2, 0.25) is 11.8 Å². The molecule has 2 atom stereocenters. The van der Waals surface area contributed by atoms with Crippen molar-refractivity contribution in [3.05, 3.63) is 29.8 Å². The topological polar surface area (TPSA) is 160 Å². The van der Waals surface area contributed by atoms with Crippen molar-refractivity contribution in [2.24, 2.45) is 11.3 Å². The van der Waals surface area contributed by atoms with Gasteiger partial charge in [-0.15, -0.1) is 0 Å². The van der Waals surface area contributed by atoms with Gasteiger partial charge in [-0.3, -0.25) is 28.8 Å². The number of piperidine rings is 1. The van der Waals surface area contributed by atoms with Gasteiger partial charge in [0.1, 0.15) is 11.7 Å². The van der Waals surface area contributed by atoms with Crippen LogP contribution in [0.1, 0.15) is 39.2 Å². The standard InChI is InChI=1S/C22H32N2O5.H2O4S/c1-7-29-19(26)17-18(25)23-20(27)22(21(17,2)3,12-9-13-24(4)5)15-10-8-11-16(14-15)28-6;1-5(2,3)4/h8,10-11,14,17H,7,9,12-13H2,1-6H3,(H,23,25,27);(H2,1,2,3,4). The highest BCUT2D eigenvalue weighted by molar-refractivity contribution is 7.79. The maximum absolute atomic E-state index is 13.4. The summed E-state index contributed by atoms with van der Waals surface area (Å²) in [6, 6.07) is 7.30. The first-order valence-corrected chi connectivity index (χ1v) is 12.0. The van der Waals surface area contributed by atoms with E-state index in [0.29, 0.717) is 18.6 Å². The molecule has 2 amide bonds. The fourth-order valence-corrected chi connectivity index (χ4v) is 4.42. The highest BCUT2D eigenvalue weighted by Crippen LogP contribution is 2.53. The van der Waals surface area contributed by atoms with E-state index in [9.17, 15) is 14.4 Å². The molecule has 0 radical (unpaired) electrons. The molecule has 1 aromatic rings. The van der Waals surface area contributed by atoms with Crippen LogP contribution < -0.4 is 10.1 Å². The lowest BCUT2D eigenvalue weighted by molar-refractivity contribution is -0.167. The first kappa shape index (κ1) is 29.5. The van der Waals surface area contributed by atoms with Crippen LogP contribution in [0.25, 0.3) is 0 Å². The summed E-state index contributed by atoms with van der Waals surface area (Å²) in [4.78, 5) is 40.9. The second kappa shape index (κ2) is 11.7. The molecule has 0 aliphatic carbocycles. The van der Waals surface area contributed by atoms with Gasteiger partial charge in [-0.1, -0.05) is 26.0 Å². The lowest BCUT2D eigenvalue weighted by Gasteiger charge is -2.51. The lowest BCUT2D eigenvalue weighted by Crippen LogP contribution is -2.67. The smallest absolute Gasteiger partial charge is 0.394 e. The van der Waals surface area contributed by atoms with E-state index in [2.05, 4.69) is 5.32 Å². The number of nitrogens with zero attached hydrogens (tertiary/aromatic N) is 1. The monoisotopic (exact) mass is 502 g/mol. The van der Waals surface area contributed by atoms with E-state index in [1.165, 1.54) is 0 Å². The number of methoxy groups -OCH3 is 1. The molecule has 0 bridgehead atoms. The molecule has 2 rings (SSSR count). The van der Waals surface area contributed by atoms with Crippen LogP contribution in [0.4, 0.5) is 0 Å². The van der Waals surface area contributed by atoms with Gasteiger partial charge in [-0.25, -0.2) is 0 Å². The SMILES string of the molecule is CCOC(=O)C1C(=O)NC(=O)C(CCCN(C)C)(c2cccc(OC)c2)C1(C)C.O=S(=O)(O)O. The molecule has 3 N–H and O–H groups in total. The number of hydrogen-bond acceptors (Lipinski definition) is 8. The van der Waals surface area contributed by atoms with Gasteiger partial charge in [0.25, 0.3) is 0 Å². The number of imide groups is 1. The zero-order chi connectivity index (χ0) is 26.3. The van der Waals surface area contributed by atoms with Gasteiger partial charge in [-0.05, 0) is 58.1 Å². The number of hydrogen-bond donors (Lipinski definition) is 3. The van der Waals surface area contributed by atoms with E-state index in [4.69, 9.17) is 27.0 Å². The van der Waals surface area contributed by atoms with Crippen LogP contribution in [-0.2, 0) is 34.9 Å². The zero-order valence-electron chi connectivity index (χ0n) is 20.3. The summed E-state index contributed by atoms with van der Waals surface area (Å²) in [5, 5.41) is 2.46. The van der Waals surface area contributed by atoms with E-state index < -0.39 is 39.0 Å². The molecule has 1 heterocycles. The van der Waals surface area contributed by atoms with Crippen LogP contribution in [-0.4, -0.2) is 74.6 Å². The van der Waals surface area contributed by atoms with Crippen molar-refractivity contribution >= 4 is 28.2 Å². The molecule has 34 heavy (non-hydrogen) atoms. The van der Waals surface area contributed by atoms with Crippen molar-refractivity contribution in [2.75, 3.05) is 34.4 Å². The first-order chi connectivity index (χ1) is 15.6.